The van der Waals surface area contributed by atoms with Crippen molar-refractivity contribution in [1.29, 1.82) is 0 Å². The van der Waals surface area contributed by atoms with Crippen molar-refractivity contribution < 1.29 is 19.2 Å². The number of nitro groups is 1. The lowest BCUT2D eigenvalue weighted by Crippen LogP contribution is -2.11. The Balaban J connectivity index is 1.90. The summed E-state index contributed by atoms with van der Waals surface area (Å²) in [6.07, 6.45) is 0. The van der Waals surface area contributed by atoms with Gasteiger partial charge in [0.25, 0.3) is 11.6 Å². The molecule has 2 aromatic carbocycles. The van der Waals surface area contributed by atoms with E-state index in [-0.39, 0.29) is 22.9 Å². The van der Waals surface area contributed by atoms with Crippen molar-refractivity contribution in [3.05, 3.63) is 64.4 Å². The van der Waals surface area contributed by atoms with Crippen LogP contribution in [-0.2, 0) is 0 Å². The SMILES string of the molecule is O=C(Nc1cc([N+](=O)[O-])ccc1O)c1cc2ccccc2o1. The Labute approximate surface area is 123 Å². The molecule has 7 nitrogen and oxygen atoms in total. The minimum Gasteiger partial charge on any atom is -0.506 e. The molecule has 0 saturated carbocycles. The number of phenols is 1. The predicted molar refractivity (Wildman–Crippen MR) is 78.9 cm³/mol. The fourth-order valence-electron chi connectivity index (χ4n) is 2.02. The predicted octanol–water partition coefficient (Wildman–Crippen LogP) is 3.30. The van der Waals surface area contributed by atoms with Crippen LogP contribution in [0.4, 0.5) is 11.4 Å². The highest BCUT2D eigenvalue weighted by molar-refractivity contribution is 6.05. The van der Waals surface area contributed by atoms with Gasteiger partial charge in [-0.2, -0.15) is 0 Å². The number of hydrogen-bond acceptors (Lipinski definition) is 5. The van der Waals surface area contributed by atoms with E-state index in [2.05, 4.69) is 5.32 Å². The minimum atomic E-state index is -0.615. The highest BCUT2D eigenvalue weighted by atomic mass is 16.6. The average Bonchev–Trinajstić information content (AvgIpc) is 2.93. The molecule has 1 amide bonds. The molecule has 0 bridgehead atoms. The molecule has 0 aliphatic carbocycles. The standard InChI is InChI=1S/C15H10N2O5/c18-12-6-5-10(17(20)21)8-11(12)16-15(19)14-7-9-3-1-2-4-13(9)22-14/h1-8,18H,(H,16,19). The molecule has 0 fully saturated rings. The summed E-state index contributed by atoms with van der Waals surface area (Å²) in [6, 6.07) is 12.0. The normalized spacial score (nSPS) is 10.5. The van der Waals surface area contributed by atoms with Crippen LogP contribution in [0.25, 0.3) is 11.0 Å². The second kappa shape index (κ2) is 5.21. The minimum absolute atomic E-state index is 0.0482. The van der Waals surface area contributed by atoms with Gasteiger partial charge in [-0.3, -0.25) is 14.9 Å². The molecule has 110 valence electrons. The average molecular weight is 298 g/mol. The molecular formula is C15H10N2O5. The van der Waals surface area contributed by atoms with Crippen LogP contribution in [0.5, 0.6) is 5.75 Å². The molecule has 3 rings (SSSR count). The van der Waals surface area contributed by atoms with Crippen molar-refractivity contribution in [2.45, 2.75) is 0 Å². The molecule has 0 spiro atoms. The lowest BCUT2D eigenvalue weighted by Gasteiger charge is -2.05. The summed E-state index contributed by atoms with van der Waals surface area (Å²) >= 11 is 0. The molecule has 1 aromatic heterocycles. The van der Waals surface area contributed by atoms with E-state index in [1.165, 1.54) is 0 Å². The van der Waals surface area contributed by atoms with Crippen molar-refractivity contribution in [2.75, 3.05) is 5.32 Å². The molecule has 7 heteroatoms. The van der Waals surface area contributed by atoms with Crippen LogP contribution in [0, 0.1) is 10.1 Å². The van der Waals surface area contributed by atoms with Crippen molar-refractivity contribution >= 4 is 28.3 Å². The number of nitrogens with zero attached hydrogens (tertiary/aromatic N) is 1. The van der Waals surface area contributed by atoms with Crippen LogP contribution in [0.3, 0.4) is 0 Å². The number of nitrogens with one attached hydrogen (secondary N) is 1. The van der Waals surface area contributed by atoms with E-state index < -0.39 is 10.8 Å². The topological polar surface area (TPSA) is 106 Å². The highest BCUT2D eigenvalue weighted by Gasteiger charge is 2.16. The summed E-state index contributed by atoms with van der Waals surface area (Å²) in [5, 5.41) is 23.6. The molecule has 0 aliphatic heterocycles. The quantitative estimate of drug-likeness (QED) is 0.438. The summed E-state index contributed by atoms with van der Waals surface area (Å²) in [5.41, 5.74) is 0.258. The largest absolute Gasteiger partial charge is 0.506 e. The molecule has 0 aliphatic rings. The van der Waals surface area contributed by atoms with E-state index in [1.807, 2.05) is 6.07 Å². The van der Waals surface area contributed by atoms with Gasteiger partial charge in [0.2, 0.25) is 0 Å². The monoisotopic (exact) mass is 298 g/mol. The number of anilines is 1. The molecule has 1 heterocycles. The van der Waals surface area contributed by atoms with Crippen LogP contribution in [-0.4, -0.2) is 15.9 Å². The zero-order chi connectivity index (χ0) is 15.7. The number of phenolic OH excluding ortho intramolecular Hbond substituents is 1. The van der Waals surface area contributed by atoms with Crippen LogP contribution in [0.2, 0.25) is 0 Å². The molecule has 22 heavy (non-hydrogen) atoms. The molecule has 2 N–H and O–H groups in total. The highest BCUT2D eigenvalue weighted by Crippen LogP contribution is 2.28. The zero-order valence-corrected chi connectivity index (χ0v) is 11.1. The van der Waals surface area contributed by atoms with E-state index >= 15 is 0 Å². The van der Waals surface area contributed by atoms with Gasteiger partial charge in [0, 0.05) is 17.5 Å². The zero-order valence-electron chi connectivity index (χ0n) is 11.1. The third-order valence-corrected chi connectivity index (χ3v) is 3.09. The Bertz CT molecular complexity index is 852. The maximum absolute atomic E-state index is 12.1. The molecule has 0 atom stereocenters. The van der Waals surface area contributed by atoms with Crippen LogP contribution in [0.1, 0.15) is 10.6 Å². The van der Waals surface area contributed by atoms with Gasteiger partial charge in [-0.25, -0.2) is 0 Å². The first-order valence-electron chi connectivity index (χ1n) is 6.32. The van der Waals surface area contributed by atoms with Gasteiger partial charge in [-0.05, 0) is 18.2 Å². The number of rotatable bonds is 3. The smallest absolute Gasteiger partial charge is 0.291 e. The van der Waals surface area contributed by atoms with Crippen LogP contribution < -0.4 is 5.32 Å². The van der Waals surface area contributed by atoms with Gasteiger partial charge in [-0.15, -0.1) is 0 Å². The van der Waals surface area contributed by atoms with Crippen molar-refractivity contribution in [1.82, 2.24) is 0 Å². The third kappa shape index (κ3) is 2.47. The van der Waals surface area contributed by atoms with Crippen molar-refractivity contribution in [3.63, 3.8) is 0 Å². The maximum Gasteiger partial charge on any atom is 0.291 e. The summed E-state index contributed by atoms with van der Waals surface area (Å²) < 4.78 is 5.39. The fraction of sp³-hybridized carbons (Fsp3) is 0. The molecule has 0 radical (unpaired) electrons. The number of benzene rings is 2. The number of para-hydroxylation sites is 1. The number of non-ortho nitro benzene ring substituents is 1. The van der Waals surface area contributed by atoms with E-state index in [1.54, 1.807) is 24.3 Å². The fourth-order valence-corrected chi connectivity index (χ4v) is 2.02. The van der Waals surface area contributed by atoms with Gasteiger partial charge in [0.1, 0.15) is 11.3 Å². The lowest BCUT2D eigenvalue weighted by molar-refractivity contribution is -0.384. The molecule has 3 aromatic rings. The van der Waals surface area contributed by atoms with Gasteiger partial charge < -0.3 is 14.8 Å². The van der Waals surface area contributed by atoms with Gasteiger partial charge >= 0.3 is 0 Å². The van der Waals surface area contributed by atoms with Crippen LogP contribution in [0.15, 0.2) is 52.9 Å². The molecule has 0 saturated heterocycles. The summed E-state index contributed by atoms with van der Waals surface area (Å²) in [4.78, 5) is 22.2. The number of aromatic hydroxyl groups is 1. The maximum atomic E-state index is 12.1. The van der Waals surface area contributed by atoms with E-state index in [0.717, 1.165) is 23.6 Å². The van der Waals surface area contributed by atoms with Crippen LogP contribution >= 0.6 is 0 Å². The number of furan rings is 1. The number of carbonyl (C=O) groups is 1. The number of fused-ring (bicyclic) bond motifs is 1. The lowest BCUT2D eigenvalue weighted by atomic mass is 10.2. The second-order valence-corrected chi connectivity index (χ2v) is 4.56. The van der Waals surface area contributed by atoms with Gasteiger partial charge in [0.05, 0.1) is 10.6 Å². The molecule has 0 unspecified atom stereocenters. The Hall–Kier alpha value is -3.35. The van der Waals surface area contributed by atoms with Crippen molar-refractivity contribution in [3.8, 4) is 5.75 Å². The first-order valence-corrected chi connectivity index (χ1v) is 6.32. The molecular weight excluding hydrogens is 288 g/mol. The van der Waals surface area contributed by atoms with E-state index in [9.17, 15) is 20.0 Å². The first-order chi connectivity index (χ1) is 10.5. The third-order valence-electron chi connectivity index (χ3n) is 3.09. The summed E-state index contributed by atoms with van der Waals surface area (Å²) in [5.74, 6) is -0.825. The number of nitro benzene ring substituents is 1. The van der Waals surface area contributed by atoms with Gasteiger partial charge in [0.15, 0.2) is 5.76 Å². The number of amides is 1. The number of hydrogen-bond donors (Lipinski definition) is 2. The van der Waals surface area contributed by atoms with E-state index in [4.69, 9.17) is 4.42 Å². The number of carbonyl (C=O) groups excluding carboxylic acids is 1. The summed E-state index contributed by atoms with van der Waals surface area (Å²) in [6.45, 7) is 0. The second-order valence-electron chi connectivity index (χ2n) is 4.56. The summed E-state index contributed by atoms with van der Waals surface area (Å²) in [7, 11) is 0. The Morgan fingerprint density at radius 3 is 2.68 bits per heavy atom. The Morgan fingerprint density at radius 2 is 1.95 bits per heavy atom. The first kappa shape index (κ1) is 13.6. The van der Waals surface area contributed by atoms with Crippen molar-refractivity contribution in [2.24, 2.45) is 0 Å². The van der Waals surface area contributed by atoms with Gasteiger partial charge in [-0.1, -0.05) is 18.2 Å². The van der Waals surface area contributed by atoms with E-state index in [0.29, 0.717) is 5.58 Å². The Kier molecular flexibility index (Phi) is 3.23. The Morgan fingerprint density at radius 1 is 1.18 bits per heavy atom.